The number of anilines is 1. The second-order valence-corrected chi connectivity index (χ2v) is 5.62. The summed E-state index contributed by atoms with van der Waals surface area (Å²) in [6.07, 6.45) is 2.58. The van der Waals surface area contributed by atoms with E-state index in [0.29, 0.717) is 17.1 Å². The van der Waals surface area contributed by atoms with Gasteiger partial charge in [0.2, 0.25) is 0 Å². The molecule has 0 spiro atoms. The molecule has 0 saturated carbocycles. The normalized spacial score (nSPS) is 18.6. The summed E-state index contributed by atoms with van der Waals surface area (Å²) in [5.74, 6) is 0.477. The van der Waals surface area contributed by atoms with Crippen LogP contribution >= 0.6 is 12.2 Å². The lowest BCUT2D eigenvalue weighted by atomic mass is 10.0. The van der Waals surface area contributed by atoms with Gasteiger partial charge in [0.05, 0.1) is 6.10 Å². The van der Waals surface area contributed by atoms with E-state index in [1.54, 1.807) is 0 Å². The summed E-state index contributed by atoms with van der Waals surface area (Å²) in [6.45, 7) is 6.03. The molecule has 0 aromatic heterocycles. The Morgan fingerprint density at radius 2 is 2.21 bits per heavy atom. The van der Waals surface area contributed by atoms with E-state index in [2.05, 4.69) is 42.7 Å². The molecular formula is C15H22N2OS. The van der Waals surface area contributed by atoms with Crippen molar-refractivity contribution in [3.8, 4) is 0 Å². The fraction of sp³-hybridized carbons (Fsp3) is 0.533. The third-order valence-electron chi connectivity index (χ3n) is 3.35. The van der Waals surface area contributed by atoms with Crippen molar-refractivity contribution in [1.82, 2.24) is 5.32 Å². The van der Waals surface area contributed by atoms with E-state index in [9.17, 15) is 0 Å². The molecule has 1 aliphatic rings. The van der Waals surface area contributed by atoms with Crippen LogP contribution in [0.1, 0.15) is 38.2 Å². The Bertz CT molecular complexity index is 428. The molecule has 1 aliphatic heterocycles. The predicted molar refractivity (Wildman–Crippen MR) is 83.7 cm³/mol. The largest absolute Gasteiger partial charge is 0.376 e. The van der Waals surface area contributed by atoms with Crippen LogP contribution in [0, 0.1) is 0 Å². The summed E-state index contributed by atoms with van der Waals surface area (Å²) in [5, 5.41) is 7.19. The highest BCUT2D eigenvalue weighted by Gasteiger charge is 2.15. The summed E-state index contributed by atoms with van der Waals surface area (Å²) in [4.78, 5) is 0. The van der Waals surface area contributed by atoms with Gasteiger partial charge in [-0.15, -0.1) is 0 Å². The van der Waals surface area contributed by atoms with Gasteiger partial charge in [-0.25, -0.2) is 0 Å². The van der Waals surface area contributed by atoms with Crippen LogP contribution in [0.15, 0.2) is 24.3 Å². The van der Waals surface area contributed by atoms with Crippen molar-refractivity contribution >= 4 is 23.0 Å². The molecule has 4 heteroatoms. The zero-order chi connectivity index (χ0) is 13.7. The van der Waals surface area contributed by atoms with E-state index in [1.807, 2.05) is 6.07 Å². The van der Waals surface area contributed by atoms with Crippen LogP contribution in [-0.4, -0.2) is 24.4 Å². The second-order valence-electron chi connectivity index (χ2n) is 5.21. The van der Waals surface area contributed by atoms with Crippen LogP contribution in [0.2, 0.25) is 0 Å². The summed E-state index contributed by atoms with van der Waals surface area (Å²) < 4.78 is 5.57. The van der Waals surface area contributed by atoms with Crippen LogP contribution in [0.25, 0.3) is 0 Å². The van der Waals surface area contributed by atoms with Crippen LogP contribution in [-0.2, 0) is 4.74 Å². The SMILES string of the molecule is CC(C)c1ccccc1NC(=S)NCC1CCCO1. The molecule has 1 aromatic rings. The average Bonchev–Trinajstić information content (AvgIpc) is 2.90. The quantitative estimate of drug-likeness (QED) is 0.828. The number of hydrogen-bond acceptors (Lipinski definition) is 2. The van der Waals surface area contributed by atoms with Gasteiger partial charge in [0.1, 0.15) is 0 Å². The molecule has 19 heavy (non-hydrogen) atoms. The molecule has 1 aromatic carbocycles. The molecule has 1 fully saturated rings. The highest BCUT2D eigenvalue weighted by Crippen LogP contribution is 2.23. The Hall–Kier alpha value is -1.13. The number of benzene rings is 1. The first-order chi connectivity index (χ1) is 9.16. The Labute approximate surface area is 120 Å². The zero-order valence-electron chi connectivity index (χ0n) is 11.6. The maximum Gasteiger partial charge on any atom is 0.170 e. The number of para-hydroxylation sites is 1. The number of hydrogen-bond donors (Lipinski definition) is 2. The molecule has 0 aliphatic carbocycles. The third-order valence-corrected chi connectivity index (χ3v) is 3.59. The van der Waals surface area contributed by atoms with Gasteiger partial charge >= 0.3 is 0 Å². The molecule has 1 atom stereocenters. The fourth-order valence-corrected chi connectivity index (χ4v) is 2.49. The lowest BCUT2D eigenvalue weighted by molar-refractivity contribution is 0.114. The Morgan fingerprint density at radius 3 is 2.89 bits per heavy atom. The van der Waals surface area contributed by atoms with Gasteiger partial charge in [-0.05, 0) is 42.6 Å². The first-order valence-corrected chi connectivity index (χ1v) is 7.33. The van der Waals surface area contributed by atoms with Gasteiger partial charge in [-0.2, -0.15) is 0 Å². The molecule has 2 N–H and O–H groups in total. The highest BCUT2D eigenvalue weighted by atomic mass is 32.1. The van der Waals surface area contributed by atoms with E-state index in [-0.39, 0.29) is 0 Å². The number of thiocarbonyl (C=S) groups is 1. The maximum absolute atomic E-state index is 5.57. The summed E-state index contributed by atoms with van der Waals surface area (Å²) in [5.41, 5.74) is 2.37. The van der Waals surface area contributed by atoms with E-state index < -0.39 is 0 Å². The van der Waals surface area contributed by atoms with Crippen molar-refractivity contribution in [3.05, 3.63) is 29.8 Å². The topological polar surface area (TPSA) is 33.3 Å². The zero-order valence-corrected chi connectivity index (χ0v) is 12.4. The van der Waals surface area contributed by atoms with Crippen molar-refractivity contribution in [2.75, 3.05) is 18.5 Å². The van der Waals surface area contributed by atoms with E-state index in [0.717, 1.165) is 31.7 Å². The van der Waals surface area contributed by atoms with Gasteiger partial charge in [-0.1, -0.05) is 32.0 Å². The first kappa shape index (κ1) is 14.3. The minimum Gasteiger partial charge on any atom is -0.376 e. The molecule has 1 heterocycles. The van der Waals surface area contributed by atoms with Gasteiger partial charge in [-0.3, -0.25) is 0 Å². The van der Waals surface area contributed by atoms with Crippen molar-refractivity contribution < 1.29 is 4.74 Å². The fourth-order valence-electron chi connectivity index (χ4n) is 2.29. The predicted octanol–water partition coefficient (Wildman–Crippen LogP) is 3.28. The summed E-state index contributed by atoms with van der Waals surface area (Å²) in [7, 11) is 0. The van der Waals surface area contributed by atoms with Gasteiger partial charge < -0.3 is 15.4 Å². The Morgan fingerprint density at radius 1 is 1.42 bits per heavy atom. The van der Waals surface area contributed by atoms with E-state index in [4.69, 9.17) is 17.0 Å². The van der Waals surface area contributed by atoms with Crippen LogP contribution in [0.4, 0.5) is 5.69 Å². The van der Waals surface area contributed by atoms with Crippen molar-refractivity contribution in [2.24, 2.45) is 0 Å². The monoisotopic (exact) mass is 278 g/mol. The Balaban J connectivity index is 1.87. The van der Waals surface area contributed by atoms with Crippen molar-refractivity contribution in [2.45, 2.75) is 38.7 Å². The molecule has 3 nitrogen and oxygen atoms in total. The third kappa shape index (κ3) is 4.18. The van der Waals surface area contributed by atoms with Gasteiger partial charge in [0.25, 0.3) is 0 Å². The van der Waals surface area contributed by atoms with Crippen LogP contribution in [0.5, 0.6) is 0 Å². The van der Waals surface area contributed by atoms with Crippen LogP contribution in [0.3, 0.4) is 0 Å². The summed E-state index contributed by atoms with van der Waals surface area (Å²) >= 11 is 5.34. The number of nitrogens with one attached hydrogen (secondary N) is 2. The van der Waals surface area contributed by atoms with Crippen molar-refractivity contribution in [1.29, 1.82) is 0 Å². The molecule has 2 rings (SSSR count). The lowest BCUT2D eigenvalue weighted by Gasteiger charge is -2.17. The molecule has 1 unspecified atom stereocenters. The van der Waals surface area contributed by atoms with E-state index in [1.165, 1.54) is 5.56 Å². The smallest absolute Gasteiger partial charge is 0.170 e. The summed E-state index contributed by atoms with van der Waals surface area (Å²) in [6, 6.07) is 8.28. The number of ether oxygens (including phenoxy) is 1. The molecular weight excluding hydrogens is 256 g/mol. The minimum atomic E-state index is 0.306. The average molecular weight is 278 g/mol. The van der Waals surface area contributed by atoms with Gasteiger partial charge in [0, 0.05) is 18.8 Å². The Kier molecular flexibility index (Phi) is 5.16. The van der Waals surface area contributed by atoms with Crippen LogP contribution < -0.4 is 10.6 Å². The standard InChI is InChI=1S/C15H22N2OS/c1-11(2)13-7-3-4-8-14(13)17-15(19)16-10-12-6-5-9-18-12/h3-4,7-8,11-12H,5-6,9-10H2,1-2H3,(H2,16,17,19). The molecule has 0 amide bonds. The highest BCUT2D eigenvalue weighted by molar-refractivity contribution is 7.80. The lowest BCUT2D eigenvalue weighted by Crippen LogP contribution is -2.35. The molecule has 104 valence electrons. The number of rotatable bonds is 4. The molecule has 0 bridgehead atoms. The van der Waals surface area contributed by atoms with Crippen molar-refractivity contribution in [3.63, 3.8) is 0 Å². The maximum atomic E-state index is 5.57. The molecule has 0 radical (unpaired) electrons. The first-order valence-electron chi connectivity index (χ1n) is 6.92. The minimum absolute atomic E-state index is 0.306. The second kappa shape index (κ2) is 6.87. The van der Waals surface area contributed by atoms with E-state index >= 15 is 0 Å². The molecule has 1 saturated heterocycles. The van der Waals surface area contributed by atoms with Gasteiger partial charge in [0.15, 0.2) is 5.11 Å².